The van der Waals surface area contributed by atoms with Crippen molar-refractivity contribution in [3.8, 4) is 0 Å². The van der Waals surface area contributed by atoms with Crippen molar-refractivity contribution in [1.82, 2.24) is 9.88 Å². The number of carbonyl (C=O) groups is 2. The van der Waals surface area contributed by atoms with Gasteiger partial charge in [0.1, 0.15) is 5.76 Å². The average molecular weight is 433 g/mol. The monoisotopic (exact) mass is 432 g/mol. The number of benzene rings is 2. The molecule has 1 amide bonds. The topological polar surface area (TPSA) is 82.6 Å². The van der Waals surface area contributed by atoms with Crippen LogP contribution >= 0.6 is 0 Å². The van der Waals surface area contributed by atoms with Crippen molar-refractivity contribution in [2.24, 2.45) is 0 Å². The van der Waals surface area contributed by atoms with Crippen LogP contribution in [0.3, 0.4) is 0 Å². The van der Waals surface area contributed by atoms with E-state index in [9.17, 15) is 14.7 Å². The fourth-order valence-corrected chi connectivity index (χ4v) is 4.49. The molecule has 0 spiro atoms. The van der Waals surface area contributed by atoms with Gasteiger partial charge in [0.05, 0.1) is 11.6 Å². The van der Waals surface area contributed by atoms with E-state index in [-0.39, 0.29) is 11.3 Å². The number of fused-ring (bicyclic) bond motifs is 1. The lowest BCUT2D eigenvalue weighted by atomic mass is 9.93. The molecule has 1 fully saturated rings. The molecule has 1 saturated heterocycles. The molecule has 0 aliphatic carbocycles. The number of aryl methyl sites for hydroxylation is 2. The van der Waals surface area contributed by atoms with Crippen molar-refractivity contribution in [2.75, 3.05) is 20.3 Å². The number of likely N-dealkylation sites (tertiary alicyclic amines) is 1. The summed E-state index contributed by atoms with van der Waals surface area (Å²) in [6.07, 6.45) is 1.46. The standard InChI is InChI=1S/C26H28N2O4/c1-4-17-10-12-18(13-11-17)24(29)22-23(28(14-7-15-32-3)26(31)25(22)30)21-16(2)27-20-9-6-5-8-19(20)21/h5-6,8-13,23,27,29H,4,7,14-15H2,1-3H3/b24-22+. The van der Waals surface area contributed by atoms with Crippen LogP contribution in [-0.4, -0.2) is 46.9 Å². The predicted octanol–water partition coefficient (Wildman–Crippen LogP) is 4.50. The van der Waals surface area contributed by atoms with Crippen LogP contribution in [0.15, 0.2) is 54.1 Å². The summed E-state index contributed by atoms with van der Waals surface area (Å²) >= 11 is 0. The Morgan fingerprint density at radius 2 is 1.84 bits per heavy atom. The number of methoxy groups -OCH3 is 1. The van der Waals surface area contributed by atoms with Gasteiger partial charge in [0.2, 0.25) is 0 Å². The maximum Gasteiger partial charge on any atom is 0.295 e. The Labute approximate surface area is 187 Å². The number of nitrogens with one attached hydrogen (secondary N) is 1. The number of para-hydroxylation sites is 1. The Kier molecular flexibility index (Phi) is 6.15. The normalized spacial score (nSPS) is 18.1. The number of Topliss-reactive ketones (excluding diaryl/α,β-unsaturated/α-hetero) is 1. The molecular weight excluding hydrogens is 404 g/mol. The molecular formula is C26H28N2O4. The van der Waals surface area contributed by atoms with Crippen molar-refractivity contribution < 1.29 is 19.4 Å². The zero-order valence-electron chi connectivity index (χ0n) is 18.6. The third kappa shape index (κ3) is 3.71. The summed E-state index contributed by atoms with van der Waals surface area (Å²) in [5.74, 6) is -1.40. The Morgan fingerprint density at radius 1 is 1.12 bits per heavy atom. The van der Waals surface area contributed by atoms with E-state index in [0.29, 0.717) is 25.1 Å². The number of carbonyl (C=O) groups excluding carboxylic acids is 2. The highest BCUT2D eigenvalue weighted by Gasteiger charge is 2.47. The number of aromatic nitrogens is 1. The average Bonchev–Trinajstić information content (AvgIpc) is 3.26. The first-order valence-electron chi connectivity index (χ1n) is 10.9. The van der Waals surface area contributed by atoms with Crippen LogP contribution in [0.1, 0.15) is 41.8 Å². The summed E-state index contributed by atoms with van der Waals surface area (Å²) in [5.41, 5.74) is 4.41. The highest BCUT2D eigenvalue weighted by atomic mass is 16.5. The van der Waals surface area contributed by atoms with Crippen LogP contribution in [0, 0.1) is 6.92 Å². The second-order valence-corrected chi connectivity index (χ2v) is 8.10. The summed E-state index contributed by atoms with van der Waals surface area (Å²) in [6.45, 7) is 4.81. The number of aliphatic hydroxyl groups is 1. The number of hydrogen-bond acceptors (Lipinski definition) is 4. The van der Waals surface area contributed by atoms with Crippen LogP contribution in [-0.2, 0) is 20.7 Å². The largest absolute Gasteiger partial charge is 0.507 e. The first-order valence-corrected chi connectivity index (χ1v) is 10.9. The highest BCUT2D eigenvalue weighted by Crippen LogP contribution is 2.43. The van der Waals surface area contributed by atoms with Crippen LogP contribution in [0.2, 0.25) is 0 Å². The zero-order chi connectivity index (χ0) is 22.8. The Balaban J connectivity index is 1.91. The van der Waals surface area contributed by atoms with E-state index in [1.165, 1.54) is 0 Å². The molecule has 1 unspecified atom stereocenters. The number of amides is 1. The van der Waals surface area contributed by atoms with Gasteiger partial charge >= 0.3 is 0 Å². The number of hydrogen-bond donors (Lipinski definition) is 2. The number of aromatic amines is 1. The zero-order valence-corrected chi connectivity index (χ0v) is 18.6. The minimum Gasteiger partial charge on any atom is -0.507 e. The van der Waals surface area contributed by atoms with Crippen molar-refractivity contribution in [1.29, 1.82) is 0 Å². The number of aliphatic hydroxyl groups excluding tert-OH is 1. The molecule has 2 N–H and O–H groups in total. The molecule has 6 heteroatoms. The molecule has 4 rings (SSSR count). The van der Waals surface area contributed by atoms with Crippen molar-refractivity contribution in [3.63, 3.8) is 0 Å². The molecule has 6 nitrogen and oxygen atoms in total. The van der Waals surface area contributed by atoms with Gasteiger partial charge in [-0.05, 0) is 31.4 Å². The second kappa shape index (κ2) is 9.01. The smallest absolute Gasteiger partial charge is 0.295 e. The lowest BCUT2D eigenvalue weighted by molar-refractivity contribution is -0.140. The molecule has 32 heavy (non-hydrogen) atoms. The molecule has 1 aliphatic heterocycles. The highest BCUT2D eigenvalue weighted by molar-refractivity contribution is 6.46. The number of nitrogens with zero attached hydrogens (tertiary/aromatic N) is 1. The van der Waals surface area contributed by atoms with E-state index < -0.39 is 17.7 Å². The van der Waals surface area contributed by atoms with E-state index in [1.54, 1.807) is 24.1 Å². The van der Waals surface area contributed by atoms with Gasteiger partial charge in [-0.25, -0.2) is 0 Å². The first kappa shape index (κ1) is 21.8. The minimum absolute atomic E-state index is 0.129. The Hall–Kier alpha value is -3.38. The van der Waals surface area contributed by atoms with Gasteiger partial charge in [-0.3, -0.25) is 9.59 Å². The fraction of sp³-hybridized carbons (Fsp3) is 0.308. The van der Waals surface area contributed by atoms with E-state index in [4.69, 9.17) is 4.74 Å². The van der Waals surface area contributed by atoms with E-state index >= 15 is 0 Å². The van der Waals surface area contributed by atoms with Crippen LogP contribution in [0.4, 0.5) is 0 Å². The third-order valence-corrected chi connectivity index (χ3v) is 6.14. The molecule has 166 valence electrons. The van der Waals surface area contributed by atoms with Gasteiger partial charge in [-0.15, -0.1) is 0 Å². The molecule has 1 atom stereocenters. The summed E-state index contributed by atoms with van der Waals surface area (Å²) in [6, 6.07) is 14.6. The summed E-state index contributed by atoms with van der Waals surface area (Å²) < 4.78 is 5.16. The van der Waals surface area contributed by atoms with Crippen LogP contribution in [0.25, 0.3) is 16.7 Å². The predicted molar refractivity (Wildman–Crippen MR) is 124 cm³/mol. The lowest BCUT2D eigenvalue weighted by Crippen LogP contribution is -2.31. The van der Waals surface area contributed by atoms with Crippen molar-refractivity contribution in [2.45, 2.75) is 32.7 Å². The Morgan fingerprint density at radius 3 is 2.53 bits per heavy atom. The molecule has 0 radical (unpaired) electrons. The SMILES string of the molecule is CCc1ccc(/C(O)=C2\C(=O)C(=O)N(CCCOC)C2c2c(C)[nH]c3ccccc23)cc1. The number of ether oxygens (including phenoxy) is 1. The number of rotatable bonds is 7. The van der Waals surface area contributed by atoms with Gasteiger partial charge in [0, 0.05) is 48.0 Å². The molecule has 1 aliphatic rings. The van der Waals surface area contributed by atoms with Crippen molar-refractivity contribution >= 4 is 28.4 Å². The summed E-state index contributed by atoms with van der Waals surface area (Å²) in [7, 11) is 1.61. The van der Waals surface area contributed by atoms with E-state index in [2.05, 4.69) is 11.9 Å². The van der Waals surface area contributed by atoms with Gasteiger partial charge in [-0.2, -0.15) is 0 Å². The van der Waals surface area contributed by atoms with Crippen molar-refractivity contribution in [3.05, 3.63) is 76.5 Å². The summed E-state index contributed by atoms with van der Waals surface area (Å²) in [4.78, 5) is 31.2. The van der Waals surface area contributed by atoms with E-state index in [1.807, 2.05) is 43.3 Å². The van der Waals surface area contributed by atoms with Gasteiger partial charge < -0.3 is 19.7 Å². The first-order chi connectivity index (χ1) is 15.5. The maximum atomic E-state index is 13.2. The molecule has 2 heterocycles. The summed E-state index contributed by atoms with van der Waals surface area (Å²) in [5, 5.41) is 12.2. The quantitative estimate of drug-likeness (QED) is 0.249. The van der Waals surface area contributed by atoms with E-state index in [0.717, 1.165) is 34.1 Å². The fourth-order valence-electron chi connectivity index (χ4n) is 4.49. The molecule has 0 bridgehead atoms. The maximum absolute atomic E-state index is 13.2. The molecule has 0 saturated carbocycles. The lowest BCUT2D eigenvalue weighted by Gasteiger charge is -2.25. The molecule has 1 aromatic heterocycles. The van der Waals surface area contributed by atoms with Gasteiger partial charge in [0.15, 0.2) is 0 Å². The van der Waals surface area contributed by atoms with Crippen LogP contribution < -0.4 is 0 Å². The number of H-pyrrole nitrogens is 1. The van der Waals surface area contributed by atoms with Gasteiger partial charge in [0.25, 0.3) is 11.7 Å². The third-order valence-electron chi connectivity index (χ3n) is 6.14. The molecule has 2 aromatic carbocycles. The Bertz CT molecular complexity index is 1190. The molecule has 3 aromatic rings. The van der Waals surface area contributed by atoms with Gasteiger partial charge in [-0.1, -0.05) is 49.4 Å². The second-order valence-electron chi connectivity index (χ2n) is 8.10. The minimum atomic E-state index is -0.672. The number of ketones is 1. The van der Waals surface area contributed by atoms with Crippen LogP contribution in [0.5, 0.6) is 0 Å².